The van der Waals surface area contributed by atoms with Gasteiger partial charge in [-0.2, -0.15) is 0 Å². The molecule has 0 amide bonds. The van der Waals surface area contributed by atoms with Crippen LogP contribution < -0.4 is 0 Å². The highest BCUT2D eigenvalue weighted by Gasteiger charge is 2.24. The zero-order valence-electron chi connectivity index (χ0n) is 22.8. The summed E-state index contributed by atoms with van der Waals surface area (Å²) in [5, 5.41) is 8.39. The van der Waals surface area contributed by atoms with Gasteiger partial charge in [0.15, 0.2) is 0 Å². The van der Waals surface area contributed by atoms with E-state index in [4.69, 9.17) is 9.97 Å². The molecule has 10 aromatic rings. The number of rotatable bonds is 2. The normalized spacial score (nSPS) is 12.2. The fraction of sp³-hybridized carbons (Fsp3) is 0. The number of hydrogen-bond acceptors (Lipinski definition) is 4. The lowest BCUT2D eigenvalue weighted by Gasteiger charge is -2.15. The van der Waals surface area contributed by atoms with Crippen LogP contribution in [-0.2, 0) is 0 Å². The van der Waals surface area contributed by atoms with Crippen molar-refractivity contribution < 1.29 is 0 Å². The second-order valence-electron chi connectivity index (χ2n) is 10.9. The maximum atomic E-state index is 5.48. The summed E-state index contributed by atoms with van der Waals surface area (Å²) in [7, 11) is 0. The first-order valence-corrected chi connectivity index (χ1v) is 16.0. The van der Waals surface area contributed by atoms with Crippen molar-refractivity contribution >= 4 is 95.7 Å². The van der Waals surface area contributed by atoms with E-state index in [2.05, 4.69) is 132 Å². The average Bonchev–Trinajstić information content (AvgIpc) is 3.72. The Bertz CT molecular complexity index is 2730. The molecular weight excluding hydrogens is 563 g/mol. The van der Waals surface area contributed by atoms with Gasteiger partial charge >= 0.3 is 0 Å². The van der Waals surface area contributed by atoms with Gasteiger partial charge in [-0.3, -0.25) is 4.57 Å². The molecule has 0 aliphatic heterocycles. The predicted molar refractivity (Wildman–Crippen MR) is 185 cm³/mol. The highest BCUT2D eigenvalue weighted by Crippen LogP contribution is 2.48. The van der Waals surface area contributed by atoms with Gasteiger partial charge in [0.1, 0.15) is 0 Å². The van der Waals surface area contributed by atoms with E-state index in [0.717, 1.165) is 33.1 Å². The molecule has 0 atom stereocenters. The summed E-state index contributed by atoms with van der Waals surface area (Å²) in [6.07, 6.45) is 0. The van der Waals surface area contributed by atoms with Gasteiger partial charge in [-0.15, -0.1) is 22.7 Å². The third-order valence-corrected chi connectivity index (χ3v) is 11.2. The molecule has 0 fully saturated rings. The second-order valence-corrected chi connectivity index (χ2v) is 13.0. The van der Waals surface area contributed by atoms with Gasteiger partial charge in [0.2, 0.25) is 5.95 Å². The number of fused-ring (bicyclic) bond motifs is 13. The summed E-state index contributed by atoms with van der Waals surface area (Å²) in [6, 6.07) is 45.3. The van der Waals surface area contributed by atoms with Crippen LogP contribution in [0.5, 0.6) is 0 Å². The molecule has 43 heavy (non-hydrogen) atoms. The molecule has 0 saturated carbocycles. The lowest BCUT2D eigenvalue weighted by Crippen LogP contribution is -2.04. The van der Waals surface area contributed by atoms with E-state index in [1.807, 2.05) is 22.7 Å². The van der Waals surface area contributed by atoms with Crippen molar-refractivity contribution in [3.8, 4) is 17.2 Å². The Hall–Kier alpha value is -5.10. The summed E-state index contributed by atoms with van der Waals surface area (Å²) in [4.78, 5) is 11.0. The van der Waals surface area contributed by atoms with Crippen LogP contribution >= 0.6 is 22.7 Å². The Balaban J connectivity index is 1.44. The van der Waals surface area contributed by atoms with Crippen LogP contribution in [0.15, 0.2) is 127 Å². The molecule has 5 heteroatoms. The molecule has 200 valence electrons. The van der Waals surface area contributed by atoms with Crippen molar-refractivity contribution in [3.05, 3.63) is 127 Å². The SMILES string of the molecule is c1ccc(-c2nc(-n3c4ccccc4c4sc5c6ccccc6sc5c43)nc3c4ccccc4c4ccccc4c23)cc1. The molecule has 0 bridgehead atoms. The van der Waals surface area contributed by atoms with Gasteiger partial charge in [-0.25, -0.2) is 9.97 Å². The molecule has 0 saturated heterocycles. The molecule has 0 N–H and O–H groups in total. The molecule has 0 radical (unpaired) electrons. The number of para-hydroxylation sites is 1. The zero-order chi connectivity index (χ0) is 28.1. The number of aromatic nitrogens is 3. The van der Waals surface area contributed by atoms with Crippen LogP contribution in [0.3, 0.4) is 0 Å². The van der Waals surface area contributed by atoms with Gasteiger partial charge in [0, 0.05) is 31.8 Å². The minimum atomic E-state index is 0.704. The van der Waals surface area contributed by atoms with E-state index in [9.17, 15) is 0 Å². The maximum Gasteiger partial charge on any atom is 0.235 e. The molecule has 0 aliphatic rings. The van der Waals surface area contributed by atoms with E-state index in [1.165, 1.54) is 51.2 Å². The lowest BCUT2D eigenvalue weighted by molar-refractivity contribution is 1.02. The third kappa shape index (κ3) is 3.18. The fourth-order valence-corrected chi connectivity index (χ4v) is 9.54. The van der Waals surface area contributed by atoms with E-state index in [0.29, 0.717) is 5.95 Å². The summed E-state index contributed by atoms with van der Waals surface area (Å²) in [6.45, 7) is 0. The van der Waals surface area contributed by atoms with Crippen molar-refractivity contribution in [1.29, 1.82) is 0 Å². The van der Waals surface area contributed by atoms with Crippen molar-refractivity contribution in [1.82, 2.24) is 14.5 Å². The van der Waals surface area contributed by atoms with Gasteiger partial charge in [-0.05, 0) is 28.3 Å². The van der Waals surface area contributed by atoms with Crippen LogP contribution in [0.2, 0.25) is 0 Å². The van der Waals surface area contributed by atoms with E-state index >= 15 is 0 Å². The molecule has 4 heterocycles. The molecule has 10 rings (SSSR count). The molecule has 6 aromatic carbocycles. The predicted octanol–water partition coefficient (Wildman–Crippen LogP) is 11.1. The van der Waals surface area contributed by atoms with Crippen LogP contribution in [0, 0.1) is 0 Å². The maximum absolute atomic E-state index is 5.48. The number of benzene rings is 6. The first-order chi connectivity index (χ1) is 21.3. The Kier molecular flexibility index (Phi) is 4.75. The number of hydrogen-bond donors (Lipinski definition) is 0. The summed E-state index contributed by atoms with van der Waals surface area (Å²) in [5.41, 5.74) is 5.35. The van der Waals surface area contributed by atoms with Crippen LogP contribution in [0.25, 0.3) is 90.3 Å². The molecule has 4 aromatic heterocycles. The van der Waals surface area contributed by atoms with Gasteiger partial charge < -0.3 is 0 Å². The van der Waals surface area contributed by atoms with E-state index in [1.54, 1.807) is 0 Å². The quantitative estimate of drug-likeness (QED) is 0.190. The fourth-order valence-electron chi connectivity index (χ4n) is 6.77. The Morgan fingerprint density at radius 3 is 1.91 bits per heavy atom. The largest absolute Gasteiger partial charge is 0.276 e. The first kappa shape index (κ1) is 23.5. The van der Waals surface area contributed by atoms with Crippen LogP contribution in [0.4, 0.5) is 0 Å². The molecular formula is C38H21N3S2. The second kappa shape index (κ2) is 8.71. The first-order valence-electron chi connectivity index (χ1n) is 14.4. The molecule has 0 unspecified atom stereocenters. The van der Waals surface area contributed by atoms with Crippen molar-refractivity contribution in [2.45, 2.75) is 0 Å². The number of nitrogens with zero attached hydrogens (tertiary/aromatic N) is 3. The number of thiophene rings is 2. The van der Waals surface area contributed by atoms with E-state index in [-0.39, 0.29) is 0 Å². The lowest BCUT2D eigenvalue weighted by atomic mass is 9.94. The third-order valence-electron chi connectivity index (χ3n) is 8.61. The van der Waals surface area contributed by atoms with Crippen molar-refractivity contribution in [3.63, 3.8) is 0 Å². The van der Waals surface area contributed by atoms with Crippen LogP contribution in [0.1, 0.15) is 0 Å². The topological polar surface area (TPSA) is 30.7 Å². The minimum absolute atomic E-state index is 0.704. The van der Waals surface area contributed by atoms with E-state index < -0.39 is 0 Å². The average molecular weight is 584 g/mol. The summed E-state index contributed by atoms with van der Waals surface area (Å²) in [5.74, 6) is 0.704. The highest BCUT2D eigenvalue weighted by molar-refractivity contribution is 7.37. The summed E-state index contributed by atoms with van der Waals surface area (Å²) < 4.78 is 7.55. The molecule has 3 nitrogen and oxygen atoms in total. The standard InChI is InChI=1S/C38H21N3S2/c1-2-12-22(13-3-1)32-31-25-16-6-4-14-23(25)24-15-5-7-17-26(24)33(31)40-38(39-32)41-29-20-10-8-18-27(29)35-34(41)37-36(43-35)28-19-9-11-21-30(28)42-37/h1-21H. The van der Waals surface area contributed by atoms with Gasteiger partial charge in [0.25, 0.3) is 0 Å². The van der Waals surface area contributed by atoms with Gasteiger partial charge in [-0.1, -0.05) is 115 Å². The highest BCUT2D eigenvalue weighted by atomic mass is 32.1. The van der Waals surface area contributed by atoms with Crippen molar-refractivity contribution in [2.24, 2.45) is 0 Å². The Labute approximate surface area is 253 Å². The Morgan fingerprint density at radius 1 is 0.465 bits per heavy atom. The van der Waals surface area contributed by atoms with Gasteiger partial charge in [0.05, 0.1) is 36.3 Å². The smallest absolute Gasteiger partial charge is 0.235 e. The zero-order valence-corrected chi connectivity index (χ0v) is 24.4. The molecule has 0 aliphatic carbocycles. The molecule has 0 spiro atoms. The minimum Gasteiger partial charge on any atom is -0.276 e. The van der Waals surface area contributed by atoms with Crippen molar-refractivity contribution in [2.75, 3.05) is 0 Å². The summed E-state index contributed by atoms with van der Waals surface area (Å²) >= 11 is 3.75. The van der Waals surface area contributed by atoms with Crippen LogP contribution in [-0.4, -0.2) is 14.5 Å². The monoisotopic (exact) mass is 583 g/mol. The Morgan fingerprint density at radius 2 is 1.09 bits per heavy atom.